The molecule has 4 nitrogen and oxygen atoms in total. The molecular formula is C17H28IN3O. The van der Waals surface area contributed by atoms with Gasteiger partial charge in [0.25, 0.3) is 0 Å². The zero-order valence-electron chi connectivity index (χ0n) is 13.8. The van der Waals surface area contributed by atoms with Gasteiger partial charge in [-0.15, -0.1) is 24.0 Å². The molecule has 0 atom stereocenters. The van der Waals surface area contributed by atoms with Crippen LogP contribution in [0.3, 0.4) is 0 Å². The number of aliphatic imine (C=N–C) groups is 1. The van der Waals surface area contributed by atoms with Crippen LogP contribution in [-0.2, 0) is 6.54 Å². The molecule has 0 aromatic heterocycles. The van der Waals surface area contributed by atoms with Gasteiger partial charge < -0.3 is 15.0 Å². The Morgan fingerprint density at radius 1 is 1.32 bits per heavy atom. The third-order valence-electron chi connectivity index (χ3n) is 3.77. The molecule has 124 valence electrons. The van der Waals surface area contributed by atoms with Crippen LogP contribution in [0.15, 0.2) is 29.3 Å². The van der Waals surface area contributed by atoms with E-state index >= 15 is 0 Å². The zero-order chi connectivity index (χ0) is 15.1. The van der Waals surface area contributed by atoms with Gasteiger partial charge >= 0.3 is 0 Å². The number of ether oxygens (including phenoxy) is 1. The van der Waals surface area contributed by atoms with E-state index in [1.54, 1.807) is 7.11 Å². The summed E-state index contributed by atoms with van der Waals surface area (Å²) in [4.78, 5) is 6.91. The van der Waals surface area contributed by atoms with Crippen molar-refractivity contribution >= 4 is 29.9 Å². The Kier molecular flexibility index (Phi) is 8.60. The third kappa shape index (κ3) is 6.42. The lowest BCUT2D eigenvalue weighted by atomic mass is 10.2. The van der Waals surface area contributed by atoms with Crippen molar-refractivity contribution in [3.8, 4) is 5.75 Å². The number of benzene rings is 1. The maximum Gasteiger partial charge on any atom is 0.193 e. The molecular weight excluding hydrogens is 389 g/mol. The summed E-state index contributed by atoms with van der Waals surface area (Å²) in [6, 6.07) is 8.20. The van der Waals surface area contributed by atoms with Crippen LogP contribution in [0.5, 0.6) is 5.75 Å². The maximum atomic E-state index is 5.19. The standard InChI is InChI=1S/C17H27N3O.HI/c1-4-18-17(19-12-11-14-5-6-14)20(2)13-15-7-9-16(21-3)10-8-15;/h7-10,14H,4-6,11-13H2,1-3H3,(H,18,19);1H. The minimum atomic E-state index is 0. The van der Waals surface area contributed by atoms with E-state index in [1.807, 2.05) is 12.1 Å². The first-order chi connectivity index (χ1) is 10.2. The Balaban J connectivity index is 0.00000242. The molecule has 0 aliphatic heterocycles. The van der Waals surface area contributed by atoms with E-state index in [2.05, 4.69) is 36.3 Å². The Morgan fingerprint density at radius 2 is 2.00 bits per heavy atom. The highest BCUT2D eigenvalue weighted by atomic mass is 127. The second-order valence-electron chi connectivity index (χ2n) is 5.67. The van der Waals surface area contributed by atoms with Gasteiger partial charge in [0.05, 0.1) is 7.11 Å². The number of halogens is 1. The fraction of sp³-hybridized carbons (Fsp3) is 0.588. The van der Waals surface area contributed by atoms with Crippen LogP contribution in [-0.4, -0.2) is 38.1 Å². The molecule has 1 aliphatic carbocycles. The van der Waals surface area contributed by atoms with Gasteiger partial charge in [-0.1, -0.05) is 25.0 Å². The Labute approximate surface area is 151 Å². The fourth-order valence-corrected chi connectivity index (χ4v) is 2.31. The van der Waals surface area contributed by atoms with Crippen molar-refractivity contribution in [3.63, 3.8) is 0 Å². The van der Waals surface area contributed by atoms with Crippen LogP contribution in [0.1, 0.15) is 31.7 Å². The third-order valence-corrected chi connectivity index (χ3v) is 3.77. The molecule has 0 heterocycles. The van der Waals surface area contributed by atoms with Crippen molar-refractivity contribution in [2.24, 2.45) is 10.9 Å². The Hall–Kier alpha value is -0.980. The van der Waals surface area contributed by atoms with Gasteiger partial charge in [-0.2, -0.15) is 0 Å². The first kappa shape index (κ1) is 19.1. The molecule has 0 amide bonds. The molecule has 1 aliphatic rings. The summed E-state index contributed by atoms with van der Waals surface area (Å²) in [7, 11) is 3.78. The van der Waals surface area contributed by atoms with Gasteiger partial charge in [-0.3, -0.25) is 4.99 Å². The first-order valence-electron chi connectivity index (χ1n) is 7.85. The molecule has 0 radical (unpaired) electrons. The van der Waals surface area contributed by atoms with Crippen molar-refractivity contribution in [1.29, 1.82) is 0 Å². The van der Waals surface area contributed by atoms with E-state index in [0.717, 1.165) is 37.3 Å². The van der Waals surface area contributed by atoms with Gasteiger partial charge in [0.2, 0.25) is 0 Å². The number of guanidine groups is 1. The number of rotatable bonds is 7. The lowest BCUT2D eigenvalue weighted by Crippen LogP contribution is -2.38. The molecule has 0 bridgehead atoms. The van der Waals surface area contributed by atoms with Crippen LogP contribution in [0.4, 0.5) is 0 Å². The van der Waals surface area contributed by atoms with Gasteiger partial charge in [-0.05, 0) is 37.0 Å². The minimum Gasteiger partial charge on any atom is -0.497 e. The van der Waals surface area contributed by atoms with Gasteiger partial charge in [0.1, 0.15) is 5.75 Å². The van der Waals surface area contributed by atoms with Crippen LogP contribution >= 0.6 is 24.0 Å². The van der Waals surface area contributed by atoms with E-state index in [4.69, 9.17) is 9.73 Å². The van der Waals surface area contributed by atoms with E-state index < -0.39 is 0 Å². The highest BCUT2D eigenvalue weighted by molar-refractivity contribution is 14.0. The second-order valence-corrected chi connectivity index (χ2v) is 5.67. The van der Waals surface area contributed by atoms with Crippen molar-refractivity contribution in [2.45, 2.75) is 32.7 Å². The molecule has 1 fully saturated rings. The second kappa shape index (κ2) is 9.92. The van der Waals surface area contributed by atoms with E-state index in [-0.39, 0.29) is 24.0 Å². The largest absolute Gasteiger partial charge is 0.497 e. The molecule has 0 spiro atoms. The molecule has 0 unspecified atom stereocenters. The molecule has 1 aromatic rings. The van der Waals surface area contributed by atoms with Crippen molar-refractivity contribution < 1.29 is 4.74 Å². The lowest BCUT2D eigenvalue weighted by Gasteiger charge is -2.22. The van der Waals surface area contributed by atoms with Crippen LogP contribution in [0.2, 0.25) is 0 Å². The number of methoxy groups -OCH3 is 1. The monoisotopic (exact) mass is 417 g/mol. The number of nitrogens with one attached hydrogen (secondary N) is 1. The van der Waals surface area contributed by atoms with E-state index in [9.17, 15) is 0 Å². The topological polar surface area (TPSA) is 36.9 Å². The molecule has 22 heavy (non-hydrogen) atoms. The highest BCUT2D eigenvalue weighted by Crippen LogP contribution is 2.32. The summed E-state index contributed by atoms with van der Waals surface area (Å²) < 4.78 is 5.19. The van der Waals surface area contributed by atoms with E-state index in [1.165, 1.54) is 24.8 Å². The number of nitrogens with zero attached hydrogens (tertiary/aromatic N) is 2. The van der Waals surface area contributed by atoms with Gasteiger partial charge in [0.15, 0.2) is 5.96 Å². The summed E-state index contributed by atoms with van der Waals surface area (Å²) in [5.74, 6) is 2.82. The summed E-state index contributed by atoms with van der Waals surface area (Å²) in [5.41, 5.74) is 1.26. The smallest absolute Gasteiger partial charge is 0.193 e. The molecule has 1 N–H and O–H groups in total. The number of hydrogen-bond acceptors (Lipinski definition) is 2. The summed E-state index contributed by atoms with van der Waals surface area (Å²) in [5, 5.41) is 3.37. The van der Waals surface area contributed by atoms with Crippen LogP contribution in [0, 0.1) is 5.92 Å². The predicted molar refractivity (Wildman–Crippen MR) is 103 cm³/mol. The molecule has 1 aromatic carbocycles. The average Bonchev–Trinajstić information content (AvgIpc) is 3.31. The molecule has 0 saturated heterocycles. The minimum absolute atomic E-state index is 0. The fourth-order valence-electron chi connectivity index (χ4n) is 2.31. The predicted octanol–water partition coefficient (Wildman–Crippen LogP) is 3.51. The van der Waals surface area contributed by atoms with Crippen LogP contribution in [0.25, 0.3) is 0 Å². The Bertz CT molecular complexity index is 457. The summed E-state index contributed by atoms with van der Waals surface area (Å²) in [6.07, 6.45) is 4.02. The molecule has 1 saturated carbocycles. The van der Waals surface area contributed by atoms with Gasteiger partial charge in [-0.25, -0.2) is 0 Å². The number of hydrogen-bond donors (Lipinski definition) is 1. The van der Waals surface area contributed by atoms with Crippen molar-refractivity contribution in [3.05, 3.63) is 29.8 Å². The summed E-state index contributed by atoms with van der Waals surface area (Å²) >= 11 is 0. The van der Waals surface area contributed by atoms with Crippen molar-refractivity contribution in [1.82, 2.24) is 10.2 Å². The maximum absolute atomic E-state index is 5.19. The SMILES string of the molecule is CCNC(=NCCC1CC1)N(C)Cc1ccc(OC)cc1.I. The van der Waals surface area contributed by atoms with E-state index in [0.29, 0.717) is 0 Å². The quantitative estimate of drug-likeness (QED) is 0.419. The molecule has 5 heteroatoms. The highest BCUT2D eigenvalue weighted by Gasteiger charge is 2.20. The average molecular weight is 417 g/mol. The Morgan fingerprint density at radius 3 is 2.55 bits per heavy atom. The zero-order valence-corrected chi connectivity index (χ0v) is 16.2. The lowest BCUT2D eigenvalue weighted by molar-refractivity contribution is 0.414. The van der Waals surface area contributed by atoms with Gasteiger partial charge in [0, 0.05) is 26.7 Å². The molecule has 2 rings (SSSR count). The summed E-state index contributed by atoms with van der Waals surface area (Å²) in [6.45, 7) is 4.78. The van der Waals surface area contributed by atoms with Crippen molar-refractivity contribution in [2.75, 3.05) is 27.2 Å². The first-order valence-corrected chi connectivity index (χ1v) is 7.85. The normalized spacial score (nSPS) is 14.2. The van der Waals surface area contributed by atoms with Crippen LogP contribution < -0.4 is 10.1 Å².